The molecular weight excluding hydrogens is 256 g/mol. The molecule has 2 rings (SSSR count). The molecule has 1 fully saturated rings. The zero-order valence-corrected chi connectivity index (χ0v) is 11.1. The zero-order chi connectivity index (χ0) is 12.3. The molecule has 1 aliphatic rings. The maximum Gasteiger partial charge on any atom is 0.225 e. The van der Waals surface area contributed by atoms with Crippen molar-refractivity contribution in [1.29, 1.82) is 0 Å². The quantitative estimate of drug-likeness (QED) is 0.783. The van der Waals surface area contributed by atoms with Gasteiger partial charge < -0.3 is 0 Å². The number of carbonyl (C=O) groups excluding carboxylic acids is 1. The summed E-state index contributed by atoms with van der Waals surface area (Å²) in [6.07, 6.45) is 1.02. The number of hydrogen-bond donors (Lipinski definition) is 0. The first-order valence-electron chi connectivity index (χ1n) is 5.42. The van der Waals surface area contributed by atoms with Gasteiger partial charge in [0.15, 0.2) is 5.17 Å². The van der Waals surface area contributed by atoms with Crippen LogP contribution in [0.4, 0.5) is 5.69 Å². The number of amidine groups is 1. The summed E-state index contributed by atoms with van der Waals surface area (Å²) in [5.41, 5.74) is 0.824. The molecule has 1 saturated heterocycles. The Hall–Kier alpha value is -1.00. The number of nitrogens with zero attached hydrogens (tertiary/aromatic N) is 2. The average Bonchev–Trinajstić information content (AvgIpc) is 2.32. The highest BCUT2D eigenvalue weighted by atomic mass is 35.5. The maximum absolute atomic E-state index is 11.5. The molecule has 0 N–H and O–H groups in total. The summed E-state index contributed by atoms with van der Waals surface area (Å²) in [5.74, 6) is 1.06. The highest BCUT2D eigenvalue weighted by Crippen LogP contribution is 2.23. The van der Waals surface area contributed by atoms with Gasteiger partial charge in [-0.15, -0.1) is 0 Å². The van der Waals surface area contributed by atoms with Crippen LogP contribution in [0.25, 0.3) is 0 Å². The Labute approximate surface area is 110 Å². The van der Waals surface area contributed by atoms with Crippen molar-refractivity contribution in [2.75, 3.05) is 12.3 Å². The molecule has 1 heterocycles. The first-order chi connectivity index (χ1) is 8.16. The van der Waals surface area contributed by atoms with Crippen molar-refractivity contribution in [3.05, 3.63) is 29.3 Å². The predicted octanol–water partition coefficient (Wildman–Crippen LogP) is 3.31. The predicted molar refractivity (Wildman–Crippen MR) is 73.0 cm³/mol. The minimum atomic E-state index is 0.0462. The van der Waals surface area contributed by atoms with Crippen molar-refractivity contribution < 1.29 is 4.79 Å². The third-order valence-electron chi connectivity index (χ3n) is 2.42. The number of carbonyl (C=O) groups is 1. The highest BCUT2D eigenvalue weighted by molar-refractivity contribution is 8.13. The Bertz CT molecular complexity index is 444. The largest absolute Gasteiger partial charge is 0.292 e. The molecule has 0 unspecified atom stereocenters. The number of benzene rings is 1. The Balaban J connectivity index is 2.23. The second-order valence-corrected chi connectivity index (χ2v) is 5.24. The normalized spacial score (nSPS) is 18.5. The summed E-state index contributed by atoms with van der Waals surface area (Å²) in [5, 5.41) is 1.47. The number of amides is 1. The maximum atomic E-state index is 11.5. The highest BCUT2D eigenvalue weighted by Gasteiger charge is 2.20. The van der Waals surface area contributed by atoms with Crippen LogP contribution in [0.1, 0.15) is 13.3 Å². The summed E-state index contributed by atoms with van der Waals surface area (Å²) >= 11 is 7.44. The number of aliphatic imine (C=N–C) groups is 1. The Morgan fingerprint density at radius 2 is 2.12 bits per heavy atom. The number of halogens is 1. The molecule has 3 nitrogen and oxygen atoms in total. The van der Waals surface area contributed by atoms with Crippen LogP contribution in [-0.4, -0.2) is 28.3 Å². The molecular formula is C12H13ClN2OS. The van der Waals surface area contributed by atoms with E-state index in [0.717, 1.165) is 29.6 Å². The van der Waals surface area contributed by atoms with Gasteiger partial charge in [-0.25, -0.2) is 4.99 Å². The van der Waals surface area contributed by atoms with E-state index in [9.17, 15) is 4.79 Å². The van der Waals surface area contributed by atoms with Gasteiger partial charge in [-0.2, -0.15) is 0 Å². The molecule has 1 amide bonds. The van der Waals surface area contributed by atoms with E-state index < -0.39 is 0 Å². The molecule has 90 valence electrons. The lowest BCUT2D eigenvalue weighted by atomic mass is 10.3. The van der Waals surface area contributed by atoms with Crippen LogP contribution in [0.2, 0.25) is 5.02 Å². The molecule has 1 aromatic carbocycles. The van der Waals surface area contributed by atoms with Gasteiger partial charge in [-0.05, 0) is 30.7 Å². The van der Waals surface area contributed by atoms with E-state index in [0.29, 0.717) is 5.02 Å². The van der Waals surface area contributed by atoms with Crippen molar-refractivity contribution in [3.8, 4) is 0 Å². The minimum absolute atomic E-state index is 0.0462. The summed E-state index contributed by atoms with van der Waals surface area (Å²) in [4.78, 5) is 17.7. The van der Waals surface area contributed by atoms with E-state index >= 15 is 0 Å². The molecule has 17 heavy (non-hydrogen) atoms. The van der Waals surface area contributed by atoms with Crippen LogP contribution in [-0.2, 0) is 4.79 Å². The number of rotatable bonds is 1. The van der Waals surface area contributed by atoms with E-state index in [1.165, 1.54) is 0 Å². The Morgan fingerprint density at radius 3 is 2.76 bits per heavy atom. The second kappa shape index (κ2) is 5.56. The van der Waals surface area contributed by atoms with Gasteiger partial charge in [0.05, 0.1) is 5.69 Å². The zero-order valence-electron chi connectivity index (χ0n) is 9.52. The molecule has 0 spiro atoms. The molecule has 0 atom stereocenters. The third kappa shape index (κ3) is 3.23. The molecule has 1 aliphatic heterocycles. The van der Waals surface area contributed by atoms with Gasteiger partial charge in [0.1, 0.15) is 0 Å². The lowest BCUT2D eigenvalue weighted by Gasteiger charge is -2.26. The van der Waals surface area contributed by atoms with Gasteiger partial charge in [-0.1, -0.05) is 23.4 Å². The van der Waals surface area contributed by atoms with E-state index in [1.54, 1.807) is 35.7 Å². The fourth-order valence-corrected chi connectivity index (χ4v) is 2.70. The summed E-state index contributed by atoms with van der Waals surface area (Å²) in [6.45, 7) is 2.33. The molecule has 1 aromatic rings. The van der Waals surface area contributed by atoms with Crippen molar-refractivity contribution in [3.63, 3.8) is 0 Å². The lowest BCUT2D eigenvalue weighted by molar-refractivity contribution is -0.125. The fourth-order valence-electron chi connectivity index (χ4n) is 1.57. The van der Waals surface area contributed by atoms with Crippen molar-refractivity contribution >= 4 is 40.1 Å². The smallest absolute Gasteiger partial charge is 0.225 e. The van der Waals surface area contributed by atoms with E-state index in [4.69, 9.17) is 11.6 Å². The van der Waals surface area contributed by atoms with Gasteiger partial charge in [0.25, 0.3) is 0 Å². The monoisotopic (exact) mass is 268 g/mol. The third-order valence-corrected chi connectivity index (χ3v) is 3.73. The van der Waals surface area contributed by atoms with Gasteiger partial charge in [-0.3, -0.25) is 9.69 Å². The molecule has 0 aromatic heterocycles. The van der Waals surface area contributed by atoms with Crippen LogP contribution >= 0.6 is 23.4 Å². The van der Waals surface area contributed by atoms with E-state index in [-0.39, 0.29) is 5.91 Å². The van der Waals surface area contributed by atoms with Crippen molar-refractivity contribution in [2.24, 2.45) is 4.99 Å². The summed E-state index contributed by atoms with van der Waals surface area (Å²) < 4.78 is 0. The molecule has 0 saturated carbocycles. The average molecular weight is 269 g/mol. The van der Waals surface area contributed by atoms with Crippen LogP contribution in [0.5, 0.6) is 0 Å². The van der Waals surface area contributed by atoms with E-state index in [1.807, 2.05) is 12.1 Å². The van der Waals surface area contributed by atoms with Crippen LogP contribution < -0.4 is 0 Å². The summed E-state index contributed by atoms with van der Waals surface area (Å²) in [7, 11) is 0. The first kappa shape index (κ1) is 12.5. The summed E-state index contributed by atoms with van der Waals surface area (Å²) in [6, 6.07) is 7.30. The van der Waals surface area contributed by atoms with Gasteiger partial charge >= 0.3 is 0 Å². The van der Waals surface area contributed by atoms with Crippen LogP contribution in [0.15, 0.2) is 29.3 Å². The van der Waals surface area contributed by atoms with Crippen LogP contribution in [0.3, 0.4) is 0 Å². The topological polar surface area (TPSA) is 32.7 Å². The molecule has 0 aliphatic carbocycles. The van der Waals surface area contributed by atoms with E-state index in [2.05, 4.69) is 4.99 Å². The standard InChI is InChI=1S/C12H13ClN2OS/c1-9(16)15-7-2-8-17-12(15)14-11-5-3-10(13)4-6-11/h3-6H,2,7-8H2,1H3. The van der Waals surface area contributed by atoms with Crippen molar-refractivity contribution in [1.82, 2.24) is 4.90 Å². The molecule has 5 heteroatoms. The molecule has 0 bridgehead atoms. The minimum Gasteiger partial charge on any atom is -0.292 e. The van der Waals surface area contributed by atoms with Gasteiger partial charge in [0, 0.05) is 24.2 Å². The van der Waals surface area contributed by atoms with Crippen molar-refractivity contribution in [2.45, 2.75) is 13.3 Å². The number of thioether (sulfide) groups is 1. The Morgan fingerprint density at radius 1 is 1.41 bits per heavy atom. The first-order valence-corrected chi connectivity index (χ1v) is 6.78. The fraction of sp³-hybridized carbons (Fsp3) is 0.333. The Kier molecular flexibility index (Phi) is 4.07. The number of hydrogen-bond acceptors (Lipinski definition) is 3. The second-order valence-electron chi connectivity index (χ2n) is 3.74. The SMILES string of the molecule is CC(=O)N1CCCSC1=Nc1ccc(Cl)cc1. The van der Waals surface area contributed by atoms with Gasteiger partial charge in [0.2, 0.25) is 5.91 Å². The molecule has 0 radical (unpaired) electrons. The van der Waals surface area contributed by atoms with Crippen LogP contribution in [0, 0.1) is 0 Å². The lowest BCUT2D eigenvalue weighted by Crippen LogP contribution is -2.37.